The second-order valence-corrected chi connectivity index (χ2v) is 3.05. The van der Waals surface area contributed by atoms with Crippen LogP contribution in [0.5, 0.6) is 0 Å². The Labute approximate surface area is 78.1 Å². The second-order valence-electron chi connectivity index (χ2n) is 3.05. The van der Waals surface area contributed by atoms with Gasteiger partial charge in [-0.1, -0.05) is 6.92 Å². The molecule has 2 atom stereocenters. The van der Waals surface area contributed by atoms with Gasteiger partial charge in [0, 0.05) is 6.04 Å². The van der Waals surface area contributed by atoms with Crippen molar-refractivity contribution in [3.05, 3.63) is 0 Å². The van der Waals surface area contributed by atoms with E-state index in [4.69, 9.17) is 5.73 Å². The normalized spacial score (nSPS) is 14.4. The average molecular weight is 187 g/mol. The van der Waals surface area contributed by atoms with Gasteiger partial charge in [0.1, 0.15) is 6.04 Å². The van der Waals surface area contributed by atoms with Crippen LogP contribution in [0.25, 0.3) is 0 Å². The summed E-state index contributed by atoms with van der Waals surface area (Å²) in [5, 5.41) is 5.02. The number of carbonyl (C=O) groups excluding carboxylic acids is 2. The maximum Gasteiger partial charge on any atom is 0.312 e. The van der Waals surface area contributed by atoms with Crippen LogP contribution in [0.15, 0.2) is 0 Å². The molecule has 0 aromatic rings. The van der Waals surface area contributed by atoms with Crippen LogP contribution in [-0.2, 0) is 4.79 Å². The zero-order valence-corrected chi connectivity index (χ0v) is 8.26. The average Bonchev–Trinajstić information content (AvgIpc) is 2.02. The highest BCUT2D eigenvalue weighted by Crippen LogP contribution is 1.89. The zero-order chi connectivity index (χ0) is 10.4. The number of primary amides is 1. The Hall–Kier alpha value is -1.26. The number of carbonyl (C=O) groups is 2. The van der Waals surface area contributed by atoms with Gasteiger partial charge in [-0.25, -0.2) is 4.79 Å². The standard InChI is InChI=1S/C8H17N3O2/c1-4-5(2)10-7(12)6(3)11-8(9)13/h5-6H,4H2,1-3H3,(H,10,12)(H3,9,11,13). The third-order valence-electron chi connectivity index (χ3n) is 1.75. The topological polar surface area (TPSA) is 84.2 Å². The Morgan fingerprint density at radius 2 is 1.85 bits per heavy atom. The van der Waals surface area contributed by atoms with E-state index >= 15 is 0 Å². The van der Waals surface area contributed by atoms with Crippen LogP contribution >= 0.6 is 0 Å². The first-order chi connectivity index (χ1) is 5.97. The van der Waals surface area contributed by atoms with E-state index < -0.39 is 12.1 Å². The fourth-order valence-electron chi connectivity index (χ4n) is 0.749. The highest BCUT2D eigenvalue weighted by molar-refractivity contribution is 5.86. The molecular weight excluding hydrogens is 170 g/mol. The molecule has 0 aromatic heterocycles. The number of nitrogens with one attached hydrogen (secondary N) is 2. The molecule has 3 amide bonds. The van der Waals surface area contributed by atoms with E-state index in [1.807, 2.05) is 13.8 Å². The maximum absolute atomic E-state index is 11.3. The van der Waals surface area contributed by atoms with Crippen LogP contribution in [-0.4, -0.2) is 24.0 Å². The van der Waals surface area contributed by atoms with E-state index in [2.05, 4.69) is 10.6 Å². The molecule has 0 aliphatic carbocycles. The van der Waals surface area contributed by atoms with Crippen LogP contribution in [0, 0.1) is 0 Å². The van der Waals surface area contributed by atoms with Crippen molar-refractivity contribution < 1.29 is 9.59 Å². The molecule has 13 heavy (non-hydrogen) atoms. The van der Waals surface area contributed by atoms with Gasteiger partial charge in [0.15, 0.2) is 0 Å². The molecule has 0 aliphatic rings. The monoisotopic (exact) mass is 187 g/mol. The summed E-state index contributed by atoms with van der Waals surface area (Å²) in [6, 6.07) is -1.15. The number of nitrogens with two attached hydrogens (primary N) is 1. The summed E-state index contributed by atoms with van der Waals surface area (Å²) < 4.78 is 0. The second kappa shape index (κ2) is 5.40. The van der Waals surface area contributed by atoms with Gasteiger partial charge in [0.05, 0.1) is 0 Å². The van der Waals surface area contributed by atoms with Crippen molar-refractivity contribution in [1.29, 1.82) is 0 Å². The van der Waals surface area contributed by atoms with E-state index in [-0.39, 0.29) is 11.9 Å². The SMILES string of the molecule is CCC(C)NC(=O)C(C)NC(N)=O. The summed E-state index contributed by atoms with van der Waals surface area (Å²) in [4.78, 5) is 21.7. The van der Waals surface area contributed by atoms with Crippen LogP contribution in [0.4, 0.5) is 4.79 Å². The third kappa shape index (κ3) is 5.05. The summed E-state index contributed by atoms with van der Waals surface area (Å²) in [5.41, 5.74) is 4.86. The lowest BCUT2D eigenvalue weighted by Gasteiger charge is -2.16. The van der Waals surface area contributed by atoms with Crippen LogP contribution in [0.3, 0.4) is 0 Å². The zero-order valence-electron chi connectivity index (χ0n) is 8.26. The van der Waals surface area contributed by atoms with Gasteiger partial charge in [0.25, 0.3) is 0 Å². The number of hydrogen-bond donors (Lipinski definition) is 3. The Bertz CT molecular complexity index is 194. The number of urea groups is 1. The molecule has 0 radical (unpaired) electrons. The lowest BCUT2D eigenvalue weighted by molar-refractivity contribution is -0.123. The van der Waals surface area contributed by atoms with Gasteiger partial charge in [-0.2, -0.15) is 0 Å². The first-order valence-corrected chi connectivity index (χ1v) is 4.33. The molecule has 5 nitrogen and oxygen atoms in total. The van der Waals surface area contributed by atoms with Gasteiger partial charge >= 0.3 is 6.03 Å². The smallest absolute Gasteiger partial charge is 0.312 e. The lowest BCUT2D eigenvalue weighted by Crippen LogP contribution is -2.48. The minimum absolute atomic E-state index is 0.115. The molecule has 0 heterocycles. The fraction of sp³-hybridized carbons (Fsp3) is 0.750. The highest BCUT2D eigenvalue weighted by Gasteiger charge is 2.14. The van der Waals surface area contributed by atoms with E-state index in [1.54, 1.807) is 6.92 Å². The summed E-state index contributed by atoms with van der Waals surface area (Å²) >= 11 is 0. The molecule has 4 N–H and O–H groups in total. The fourth-order valence-corrected chi connectivity index (χ4v) is 0.749. The van der Waals surface area contributed by atoms with Gasteiger partial charge in [-0.3, -0.25) is 4.79 Å². The van der Waals surface area contributed by atoms with E-state index in [1.165, 1.54) is 0 Å². The number of rotatable bonds is 4. The van der Waals surface area contributed by atoms with Gasteiger partial charge in [-0.15, -0.1) is 0 Å². The molecule has 76 valence electrons. The van der Waals surface area contributed by atoms with Crippen molar-refractivity contribution in [1.82, 2.24) is 10.6 Å². The Morgan fingerprint density at radius 1 is 1.31 bits per heavy atom. The van der Waals surface area contributed by atoms with Gasteiger partial charge < -0.3 is 16.4 Å². The van der Waals surface area contributed by atoms with Crippen molar-refractivity contribution in [2.75, 3.05) is 0 Å². The molecular formula is C8H17N3O2. The molecule has 0 spiro atoms. The summed E-state index contributed by atoms with van der Waals surface area (Å²) in [7, 11) is 0. The molecule has 5 heteroatoms. The third-order valence-corrected chi connectivity index (χ3v) is 1.75. The van der Waals surface area contributed by atoms with E-state index in [0.29, 0.717) is 0 Å². The van der Waals surface area contributed by atoms with Crippen molar-refractivity contribution >= 4 is 11.9 Å². The molecule has 0 aliphatic heterocycles. The minimum Gasteiger partial charge on any atom is -0.352 e. The predicted octanol–water partition coefficient (Wildman–Crippen LogP) is -0.0421. The molecule has 0 rings (SSSR count). The number of hydrogen-bond acceptors (Lipinski definition) is 2. The predicted molar refractivity (Wildman–Crippen MR) is 50.1 cm³/mol. The Balaban J connectivity index is 3.89. The quantitative estimate of drug-likeness (QED) is 0.577. The number of amides is 3. The Kier molecular flexibility index (Phi) is 4.87. The molecule has 0 saturated carbocycles. The van der Waals surface area contributed by atoms with E-state index in [9.17, 15) is 9.59 Å². The van der Waals surface area contributed by atoms with Gasteiger partial charge in [0.2, 0.25) is 5.91 Å². The first kappa shape index (κ1) is 11.7. The molecule has 0 saturated heterocycles. The molecule has 0 fully saturated rings. The van der Waals surface area contributed by atoms with Crippen LogP contribution < -0.4 is 16.4 Å². The summed E-state index contributed by atoms with van der Waals surface area (Å²) in [5.74, 6) is -0.215. The van der Waals surface area contributed by atoms with Crippen molar-refractivity contribution in [3.8, 4) is 0 Å². The summed E-state index contributed by atoms with van der Waals surface area (Å²) in [6.07, 6.45) is 0.856. The lowest BCUT2D eigenvalue weighted by atomic mass is 10.2. The highest BCUT2D eigenvalue weighted by atomic mass is 16.2. The Morgan fingerprint density at radius 3 is 2.23 bits per heavy atom. The summed E-state index contributed by atoms with van der Waals surface area (Å²) in [6.45, 7) is 5.45. The first-order valence-electron chi connectivity index (χ1n) is 4.33. The van der Waals surface area contributed by atoms with Crippen molar-refractivity contribution in [2.24, 2.45) is 5.73 Å². The maximum atomic E-state index is 11.3. The molecule has 0 bridgehead atoms. The van der Waals surface area contributed by atoms with Crippen LogP contribution in [0.1, 0.15) is 27.2 Å². The van der Waals surface area contributed by atoms with Crippen LogP contribution in [0.2, 0.25) is 0 Å². The van der Waals surface area contributed by atoms with E-state index in [0.717, 1.165) is 6.42 Å². The molecule has 0 aromatic carbocycles. The molecule has 2 unspecified atom stereocenters. The minimum atomic E-state index is -0.688. The van der Waals surface area contributed by atoms with Gasteiger partial charge in [-0.05, 0) is 20.3 Å². The largest absolute Gasteiger partial charge is 0.352 e. The van der Waals surface area contributed by atoms with Crippen molar-refractivity contribution in [3.63, 3.8) is 0 Å². The van der Waals surface area contributed by atoms with Crippen molar-refractivity contribution in [2.45, 2.75) is 39.3 Å².